The van der Waals surface area contributed by atoms with E-state index in [2.05, 4.69) is 4.99 Å². The zero-order valence-corrected chi connectivity index (χ0v) is 13.3. The molecule has 0 spiro atoms. The van der Waals surface area contributed by atoms with Crippen LogP contribution in [0.3, 0.4) is 0 Å². The number of carbonyl (C=O) groups is 1. The molecule has 0 saturated heterocycles. The third-order valence-electron chi connectivity index (χ3n) is 3.20. The summed E-state index contributed by atoms with van der Waals surface area (Å²) in [4.78, 5) is 16.6. The van der Waals surface area contributed by atoms with Crippen molar-refractivity contribution in [2.24, 2.45) is 4.99 Å². The first-order valence-corrected chi connectivity index (χ1v) is 7.80. The first-order valence-electron chi connectivity index (χ1n) is 6.61. The van der Waals surface area contributed by atoms with Gasteiger partial charge in [-0.3, -0.25) is 4.79 Å². The van der Waals surface area contributed by atoms with Crippen LogP contribution in [0.4, 0.5) is 0 Å². The number of rotatable bonds is 2. The average Bonchev–Trinajstić information content (AvgIpc) is 2.85. The molecule has 0 unspecified atom stereocenters. The minimum atomic E-state index is -0.306. The van der Waals surface area contributed by atoms with Crippen molar-refractivity contribution in [3.05, 3.63) is 69.1 Å². The van der Waals surface area contributed by atoms with Crippen LogP contribution >= 0.6 is 23.4 Å². The Labute approximate surface area is 137 Å². The topological polar surface area (TPSA) is 49.7 Å². The summed E-state index contributed by atoms with van der Waals surface area (Å²) in [7, 11) is 0. The lowest BCUT2D eigenvalue weighted by atomic mass is 10.2. The van der Waals surface area contributed by atoms with E-state index in [1.165, 1.54) is 17.8 Å². The van der Waals surface area contributed by atoms with Crippen LogP contribution in [-0.4, -0.2) is 16.1 Å². The van der Waals surface area contributed by atoms with Crippen molar-refractivity contribution in [2.75, 3.05) is 0 Å². The van der Waals surface area contributed by atoms with Gasteiger partial charge in [-0.2, -0.15) is 0 Å². The van der Waals surface area contributed by atoms with Gasteiger partial charge in [0.2, 0.25) is 0 Å². The Hall–Kier alpha value is -2.04. The fourth-order valence-electron chi connectivity index (χ4n) is 2.01. The van der Waals surface area contributed by atoms with Crippen LogP contribution in [0, 0.1) is 6.92 Å². The molecule has 1 amide bonds. The number of aliphatic imine (C=N–C) groups is 1. The summed E-state index contributed by atoms with van der Waals surface area (Å²) in [6.45, 7) is 2.01. The van der Waals surface area contributed by atoms with Gasteiger partial charge in [-0.05, 0) is 31.2 Å². The van der Waals surface area contributed by atoms with E-state index in [-0.39, 0.29) is 11.7 Å². The summed E-state index contributed by atoms with van der Waals surface area (Å²) in [5.41, 5.74) is 2.56. The number of aromatic hydroxyl groups is 1. The van der Waals surface area contributed by atoms with Crippen molar-refractivity contribution >= 4 is 40.4 Å². The molecule has 3 rings (SSSR count). The molecule has 0 atom stereocenters. The standard InChI is InChI=1S/C17H12ClNO2S/c1-10-2-4-11(5-3-10)17-19-16(21)15(22-17)9-12-8-13(18)6-7-14(12)20/h2-9,20H,1H3/b15-9-. The summed E-state index contributed by atoms with van der Waals surface area (Å²) < 4.78 is 0. The molecule has 0 saturated carbocycles. The molecule has 2 aromatic rings. The van der Waals surface area contributed by atoms with Gasteiger partial charge in [0.25, 0.3) is 5.91 Å². The van der Waals surface area contributed by atoms with Crippen molar-refractivity contribution in [2.45, 2.75) is 6.92 Å². The van der Waals surface area contributed by atoms with Gasteiger partial charge in [-0.15, -0.1) is 0 Å². The van der Waals surface area contributed by atoms with E-state index < -0.39 is 0 Å². The Morgan fingerprint density at radius 1 is 1.18 bits per heavy atom. The molecule has 22 heavy (non-hydrogen) atoms. The lowest BCUT2D eigenvalue weighted by Crippen LogP contribution is -1.90. The Balaban J connectivity index is 1.90. The second-order valence-electron chi connectivity index (χ2n) is 4.90. The molecular weight excluding hydrogens is 318 g/mol. The van der Waals surface area contributed by atoms with Gasteiger partial charge >= 0.3 is 0 Å². The largest absolute Gasteiger partial charge is 0.507 e. The monoisotopic (exact) mass is 329 g/mol. The smallest absolute Gasteiger partial charge is 0.284 e. The first kappa shape index (κ1) is 14.9. The molecule has 1 N–H and O–H groups in total. The summed E-state index contributed by atoms with van der Waals surface area (Å²) in [5.74, 6) is -0.228. The molecular formula is C17H12ClNO2S. The summed E-state index contributed by atoms with van der Waals surface area (Å²) in [6, 6.07) is 12.5. The van der Waals surface area contributed by atoms with E-state index in [0.717, 1.165) is 11.1 Å². The maximum atomic E-state index is 12.0. The second kappa shape index (κ2) is 5.99. The first-order chi connectivity index (χ1) is 10.5. The third-order valence-corrected chi connectivity index (χ3v) is 4.46. The Kier molecular flexibility index (Phi) is 4.05. The highest BCUT2D eigenvalue weighted by molar-refractivity contribution is 8.19. The van der Waals surface area contributed by atoms with Gasteiger partial charge in [0.1, 0.15) is 10.8 Å². The molecule has 1 heterocycles. The molecule has 0 bridgehead atoms. The van der Waals surface area contributed by atoms with E-state index in [1.54, 1.807) is 18.2 Å². The molecule has 5 heteroatoms. The fraction of sp³-hybridized carbons (Fsp3) is 0.0588. The summed E-state index contributed by atoms with van der Waals surface area (Å²) in [6.07, 6.45) is 1.61. The summed E-state index contributed by atoms with van der Waals surface area (Å²) in [5, 5.41) is 11.0. The van der Waals surface area contributed by atoms with Crippen LogP contribution in [0.1, 0.15) is 16.7 Å². The SMILES string of the molecule is Cc1ccc(C2=NC(=O)/C(=C/c3cc(Cl)ccc3O)S2)cc1. The van der Waals surface area contributed by atoms with Gasteiger partial charge in [-0.25, -0.2) is 4.99 Å². The maximum Gasteiger partial charge on any atom is 0.284 e. The van der Waals surface area contributed by atoms with Crippen molar-refractivity contribution in [3.8, 4) is 5.75 Å². The van der Waals surface area contributed by atoms with Gasteiger partial charge in [0.05, 0.1) is 4.91 Å². The minimum absolute atomic E-state index is 0.0779. The normalized spacial score (nSPS) is 16.2. The number of halogens is 1. The quantitative estimate of drug-likeness (QED) is 0.830. The van der Waals surface area contributed by atoms with E-state index in [1.807, 2.05) is 31.2 Å². The molecule has 3 nitrogen and oxygen atoms in total. The predicted octanol–water partition coefficient (Wildman–Crippen LogP) is 4.42. The summed E-state index contributed by atoms with van der Waals surface area (Å²) >= 11 is 7.21. The van der Waals surface area contributed by atoms with Crippen molar-refractivity contribution in [3.63, 3.8) is 0 Å². The second-order valence-corrected chi connectivity index (χ2v) is 6.37. The predicted molar refractivity (Wildman–Crippen MR) is 91.4 cm³/mol. The fourth-order valence-corrected chi connectivity index (χ4v) is 3.10. The molecule has 0 fully saturated rings. The Bertz CT molecular complexity index is 810. The van der Waals surface area contributed by atoms with Gasteiger partial charge in [0, 0.05) is 16.1 Å². The van der Waals surface area contributed by atoms with Crippen molar-refractivity contribution in [1.82, 2.24) is 0 Å². The van der Waals surface area contributed by atoms with Gasteiger partial charge in [0.15, 0.2) is 0 Å². The van der Waals surface area contributed by atoms with E-state index in [0.29, 0.717) is 20.5 Å². The van der Waals surface area contributed by atoms with Crippen molar-refractivity contribution < 1.29 is 9.90 Å². The van der Waals surface area contributed by atoms with Gasteiger partial charge < -0.3 is 5.11 Å². The van der Waals surface area contributed by atoms with Crippen LogP contribution in [0.5, 0.6) is 5.75 Å². The number of phenols is 1. The number of phenolic OH excluding ortho intramolecular Hbond substituents is 1. The van der Waals surface area contributed by atoms with Crippen LogP contribution in [0.25, 0.3) is 6.08 Å². The molecule has 2 aromatic carbocycles. The number of amides is 1. The number of carbonyl (C=O) groups excluding carboxylic acids is 1. The highest BCUT2D eigenvalue weighted by Crippen LogP contribution is 2.34. The zero-order chi connectivity index (χ0) is 15.7. The lowest BCUT2D eigenvalue weighted by molar-refractivity contribution is -0.113. The molecule has 0 aromatic heterocycles. The van der Waals surface area contributed by atoms with Crippen LogP contribution in [0.2, 0.25) is 5.02 Å². The number of aryl methyl sites for hydroxylation is 1. The highest BCUT2D eigenvalue weighted by Gasteiger charge is 2.23. The Morgan fingerprint density at radius 2 is 1.91 bits per heavy atom. The zero-order valence-electron chi connectivity index (χ0n) is 11.7. The number of hydrogen-bond acceptors (Lipinski definition) is 3. The van der Waals surface area contributed by atoms with Crippen LogP contribution in [0.15, 0.2) is 52.4 Å². The maximum absolute atomic E-state index is 12.0. The lowest BCUT2D eigenvalue weighted by Gasteiger charge is -2.02. The number of benzene rings is 2. The third kappa shape index (κ3) is 3.08. The molecule has 1 aliphatic rings. The minimum Gasteiger partial charge on any atom is -0.507 e. The van der Waals surface area contributed by atoms with E-state index in [9.17, 15) is 9.90 Å². The highest BCUT2D eigenvalue weighted by atomic mass is 35.5. The van der Waals surface area contributed by atoms with Gasteiger partial charge in [-0.1, -0.05) is 53.2 Å². The number of nitrogens with zero attached hydrogens (tertiary/aromatic N) is 1. The van der Waals surface area contributed by atoms with E-state index in [4.69, 9.17) is 11.6 Å². The number of thioether (sulfide) groups is 1. The molecule has 0 aliphatic carbocycles. The Morgan fingerprint density at radius 3 is 2.64 bits per heavy atom. The average molecular weight is 330 g/mol. The van der Waals surface area contributed by atoms with E-state index >= 15 is 0 Å². The molecule has 1 aliphatic heterocycles. The molecule has 110 valence electrons. The van der Waals surface area contributed by atoms with Crippen LogP contribution in [-0.2, 0) is 4.79 Å². The van der Waals surface area contributed by atoms with Crippen molar-refractivity contribution in [1.29, 1.82) is 0 Å². The molecule has 0 radical (unpaired) electrons. The number of hydrogen-bond donors (Lipinski definition) is 1. The van der Waals surface area contributed by atoms with Crippen LogP contribution < -0.4 is 0 Å².